The number of hydrogen-bond donors (Lipinski definition) is 2. The summed E-state index contributed by atoms with van der Waals surface area (Å²) in [6.07, 6.45) is 0.891. The summed E-state index contributed by atoms with van der Waals surface area (Å²) < 4.78 is 31.8. The van der Waals surface area contributed by atoms with Crippen molar-refractivity contribution in [2.45, 2.75) is 0 Å². The van der Waals surface area contributed by atoms with Crippen LogP contribution in [0.3, 0.4) is 0 Å². The Hall–Kier alpha value is -1.92. The monoisotopic (exact) mass is 556 g/mol. The van der Waals surface area contributed by atoms with E-state index in [1.807, 2.05) is 6.07 Å². The average molecular weight is 557 g/mol. The number of nitrogens with zero attached hydrogens (tertiary/aromatic N) is 4. The lowest BCUT2D eigenvalue weighted by Crippen LogP contribution is -2.33. The number of benzene rings is 1. The van der Waals surface area contributed by atoms with Crippen molar-refractivity contribution in [3.05, 3.63) is 33.4 Å². The molecule has 0 aromatic heterocycles. The van der Waals surface area contributed by atoms with Crippen molar-refractivity contribution in [1.29, 1.82) is 5.26 Å². The Kier molecular flexibility index (Phi) is 11.4. The topological polar surface area (TPSA) is 184 Å². The second-order valence-electron chi connectivity index (χ2n) is 6.27. The van der Waals surface area contributed by atoms with Gasteiger partial charge in [-0.1, -0.05) is 15.9 Å². The summed E-state index contributed by atoms with van der Waals surface area (Å²) in [7, 11) is -4.96. The van der Waals surface area contributed by atoms with Crippen LogP contribution < -0.4 is 4.90 Å². The lowest BCUT2D eigenvalue weighted by atomic mass is 10.0. The Morgan fingerprint density at radius 1 is 1.31 bits per heavy atom. The number of hydrogen-bond acceptors (Lipinski definition) is 11. The van der Waals surface area contributed by atoms with E-state index in [-0.39, 0.29) is 49.7 Å². The lowest BCUT2D eigenvalue weighted by Gasteiger charge is -2.26. The fraction of sp³-hybridized carbons (Fsp3) is 0.500. The van der Waals surface area contributed by atoms with Gasteiger partial charge in [-0.3, -0.25) is 19.1 Å². The average Bonchev–Trinajstić information content (AvgIpc) is 2.70. The van der Waals surface area contributed by atoms with Crippen LogP contribution in [0.4, 0.5) is 11.4 Å². The molecule has 13 nitrogen and oxygen atoms in total. The van der Waals surface area contributed by atoms with Crippen LogP contribution in [0.15, 0.2) is 12.1 Å². The maximum Gasteiger partial charge on any atom is 0.327 e. The zero-order chi connectivity index (χ0) is 24.5. The van der Waals surface area contributed by atoms with Crippen LogP contribution in [-0.4, -0.2) is 85.4 Å². The quantitative estimate of drug-likeness (QED) is 0.116. The molecule has 0 unspecified atom stereocenters. The molecule has 0 atom stereocenters. The fourth-order valence-electron chi connectivity index (χ4n) is 2.57. The minimum absolute atomic E-state index is 0.0268. The molecule has 0 radical (unpaired) electrons. The van der Waals surface area contributed by atoms with Crippen LogP contribution in [0.1, 0.15) is 15.9 Å². The molecule has 1 aromatic rings. The number of carbonyl (C=O) groups excluding carboxylic acids is 1. The van der Waals surface area contributed by atoms with Gasteiger partial charge in [0.25, 0.3) is 21.7 Å². The standard InChI is InChI=1S/C16H22BrN4O9PS/c1-19(5-7-29-31(25)26)16(22)13-10-14(12(11-18)9-15(13)21(23)24)20(4-3-17)6-8-30-32(2,27)28/h9-10,25-26H,3-8H2,1-2H3. The Morgan fingerprint density at radius 2 is 1.97 bits per heavy atom. The first-order valence-corrected chi connectivity index (χ1v) is 13.0. The highest BCUT2D eigenvalue weighted by Crippen LogP contribution is 2.31. The number of carbonyl (C=O) groups is 1. The summed E-state index contributed by atoms with van der Waals surface area (Å²) >= 11 is 3.25. The third-order valence-electron chi connectivity index (χ3n) is 4.00. The predicted molar refractivity (Wildman–Crippen MR) is 119 cm³/mol. The number of nitro benzene ring substituents is 1. The van der Waals surface area contributed by atoms with Crippen LogP contribution in [0.5, 0.6) is 0 Å². The van der Waals surface area contributed by atoms with E-state index in [4.69, 9.17) is 14.0 Å². The summed E-state index contributed by atoms with van der Waals surface area (Å²) in [4.78, 5) is 43.8. The van der Waals surface area contributed by atoms with Crippen molar-refractivity contribution in [2.75, 3.05) is 56.4 Å². The number of alkyl halides is 1. The van der Waals surface area contributed by atoms with Crippen molar-refractivity contribution < 1.29 is 36.6 Å². The molecule has 0 fully saturated rings. The fourth-order valence-corrected chi connectivity index (χ4v) is 3.62. The van der Waals surface area contributed by atoms with Crippen molar-refractivity contribution >= 4 is 51.9 Å². The second-order valence-corrected chi connectivity index (χ2v) is 9.47. The molecule has 0 aliphatic heterocycles. The highest BCUT2D eigenvalue weighted by molar-refractivity contribution is 9.09. The molecular formula is C16H22BrN4O9PS. The van der Waals surface area contributed by atoms with Gasteiger partial charge in [-0.2, -0.15) is 13.7 Å². The van der Waals surface area contributed by atoms with Crippen molar-refractivity contribution in [2.24, 2.45) is 0 Å². The molecule has 0 bridgehead atoms. The molecule has 16 heteroatoms. The Bertz CT molecular complexity index is 971. The van der Waals surface area contributed by atoms with E-state index >= 15 is 0 Å². The highest BCUT2D eigenvalue weighted by Gasteiger charge is 2.27. The number of rotatable bonds is 13. The van der Waals surface area contributed by atoms with E-state index in [0.29, 0.717) is 5.33 Å². The van der Waals surface area contributed by atoms with Crippen LogP contribution in [0.2, 0.25) is 0 Å². The van der Waals surface area contributed by atoms with Gasteiger partial charge in [0.05, 0.1) is 35.6 Å². The van der Waals surface area contributed by atoms with Gasteiger partial charge < -0.3 is 24.1 Å². The summed E-state index contributed by atoms with van der Waals surface area (Å²) in [5.74, 6) is -0.752. The maximum atomic E-state index is 12.9. The largest absolute Gasteiger partial charge is 0.367 e. The molecule has 0 saturated carbocycles. The Balaban J connectivity index is 3.35. The first kappa shape index (κ1) is 28.1. The number of likely N-dealkylation sites (N-methyl/N-ethyl adjacent to an activating group) is 1. The van der Waals surface area contributed by atoms with E-state index < -0.39 is 35.2 Å². The molecule has 0 aliphatic rings. The minimum Gasteiger partial charge on any atom is -0.367 e. The predicted octanol–water partition coefficient (Wildman–Crippen LogP) is 0.944. The van der Waals surface area contributed by atoms with E-state index in [2.05, 4.69) is 20.5 Å². The zero-order valence-electron chi connectivity index (χ0n) is 17.2. The molecule has 32 heavy (non-hydrogen) atoms. The minimum atomic E-state index is -3.70. The van der Waals surface area contributed by atoms with Crippen LogP contribution in [0, 0.1) is 21.4 Å². The van der Waals surface area contributed by atoms with E-state index in [9.17, 15) is 28.6 Å². The highest BCUT2D eigenvalue weighted by atomic mass is 79.9. The first-order valence-electron chi connectivity index (χ1n) is 8.85. The van der Waals surface area contributed by atoms with Gasteiger partial charge >= 0.3 is 8.60 Å². The SMILES string of the molecule is CN(CCOP(O)O)C(=O)c1cc(N(CCBr)CCOS(C)(=O)=O)c(C#N)cc1[N+](=O)[O-]. The van der Waals surface area contributed by atoms with Crippen molar-refractivity contribution in [3.8, 4) is 6.07 Å². The molecule has 1 aromatic carbocycles. The molecule has 0 spiro atoms. The van der Waals surface area contributed by atoms with Gasteiger partial charge in [0.1, 0.15) is 11.6 Å². The Morgan fingerprint density at radius 3 is 2.47 bits per heavy atom. The van der Waals surface area contributed by atoms with Gasteiger partial charge in [0, 0.05) is 38.1 Å². The van der Waals surface area contributed by atoms with Crippen molar-refractivity contribution in [3.63, 3.8) is 0 Å². The number of anilines is 1. The maximum absolute atomic E-state index is 12.9. The zero-order valence-corrected chi connectivity index (χ0v) is 20.5. The second kappa shape index (κ2) is 12.9. The summed E-state index contributed by atoms with van der Waals surface area (Å²) in [5, 5.41) is 21.5. The van der Waals surface area contributed by atoms with Gasteiger partial charge in [-0.15, -0.1) is 0 Å². The van der Waals surface area contributed by atoms with Crippen LogP contribution in [0.25, 0.3) is 0 Å². The van der Waals surface area contributed by atoms with E-state index in [1.54, 1.807) is 4.90 Å². The smallest absolute Gasteiger partial charge is 0.327 e. The van der Waals surface area contributed by atoms with Crippen molar-refractivity contribution in [1.82, 2.24) is 4.90 Å². The van der Waals surface area contributed by atoms with Gasteiger partial charge in [-0.05, 0) is 6.07 Å². The molecule has 2 N–H and O–H groups in total. The van der Waals surface area contributed by atoms with E-state index in [1.165, 1.54) is 13.1 Å². The number of halogens is 1. The number of nitro groups is 1. The van der Waals surface area contributed by atoms with Gasteiger partial charge in [-0.25, -0.2) is 0 Å². The summed E-state index contributed by atoms with van der Waals surface area (Å²) in [6.45, 7) is -0.221. The number of nitriles is 1. The molecule has 0 aliphatic carbocycles. The molecule has 0 saturated heterocycles. The van der Waals surface area contributed by atoms with E-state index in [0.717, 1.165) is 17.2 Å². The summed E-state index contributed by atoms with van der Waals surface area (Å²) in [5.41, 5.74) is -0.770. The first-order chi connectivity index (χ1) is 14.9. The number of amides is 1. The van der Waals surface area contributed by atoms with Crippen LogP contribution in [-0.2, 0) is 18.8 Å². The normalized spacial score (nSPS) is 11.3. The molecule has 0 heterocycles. The third-order valence-corrected chi connectivity index (χ3v) is 5.36. The van der Waals surface area contributed by atoms with Crippen LogP contribution >= 0.6 is 24.5 Å². The van der Waals surface area contributed by atoms with Gasteiger partial charge in [0.2, 0.25) is 0 Å². The third kappa shape index (κ3) is 8.91. The lowest BCUT2D eigenvalue weighted by molar-refractivity contribution is -0.385. The summed E-state index contributed by atoms with van der Waals surface area (Å²) in [6, 6.07) is 4.04. The molecular weight excluding hydrogens is 535 g/mol. The Labute approximate surface area is 194 Å². The molecule has 178 valence electrons. The molecule has 1 rings (SSSR count). The molecule has 1 amide bonds. The van der Waals surface area contributed by atoms with Gasteiger partial charge in [0.15, 0.2) is 0 Å².